The average Bonchev–Trinajstić information content (AvgIpc) is 3.23. The molecule has 1 saturated carbocycles. The molecular weight excluding hydrogens is 737 g/mol. The lowest BCUT2D eigenvalue weighted by atomic mass is 9.49. The molecule has 58 heavy (non-hydrogen) atoms. The summed E-state index contributed by atoms with van der Waals surface area (Å²) in [7, 11) is 1.54. The van der Waals surface area contributed by atoms with Crippen LogP contribution in [0.1, 0.15) is 79.8 Å². The van der Waals surface area contributed by atoms with Crippen molar-refractivity contribution in [3.05, 3.63) is 77.6 Å². The van der Waals surface area contributed by atoms with E-state index in [1.165, 1.54) is 7.11 Å². The highest BCUT2D eigenvalue weighted by molar-refractivity contribution is 6.03. The number of hydrogen-bond acceptors (Lipinski definition) is 11. The van der Waals surface area contributed by atoms with Crippen LogP contribution in [0.3, 0.4) is 0 Å². The molecule has 3 aliphatic heterocycles. The fourth-order valence-electron chi connectivity index (χ4n) is 9.51. The van der Waals surface area contributed by atoms with Gasteiger partial charge in [0.15, 0.2) is 0 Å². The van der Waals surface area contributed by atoms with Crippen molar-refractivity contribution in [3.63, 3.8) is 0 Å². The summed E-state index contributed by atoms with van der Waals surface area (Å²) in [6.07, 6.45) is 4.25. The van der Waals surface area contributed by atoms with Crippen molar-refractivity contribution in [2.45, 2.75) is 71.6 Å². The van der Waals surface area contributed by atoms with Crippen LogP contribution < -0.4 is 35.2 Å². The average molecular weight is 791 g/mol. The first-order valence-corrected chi connectivity index (χ1v) is 20.3. The monoisotopic (exact) mass is 790 g/mol. The van der Waals surface area contributed by atoms with E-state index in [2.05, 4.69) is 81.5 Å². The third-order valence-corrected chi connectivity index (χ3v) is 12.6. The van der Waals surface area contributed by atoms with Crippen molar-refractivity contribution < 1.29 is 28.7 Å². The molecule has 0 bridgehead atoms. The fourth-order valence-corrected chi connectivity index (χ4v) is 9.51. The number of carbonyl (C=O) groups excluding carboxylic acids is 4. The number of anilines is 2. The molecule has 2 aromatic carbocycles. The molecule has 1 aliphatic carbocycles. The van der Waals surface area contributed by atoms with Crippen LogP contribution in [0.15, 0.2) is 60.8 Å². The third-order valence-electron chi connectivity index (χ3n) is 12.6. The van der Waals surface area contributed by atoms with Gasteiger partial charge in [-0.25, -0.2) is 4.98 Å². The molecule has 1 atom stereocenters. The Hall–Kier alpha value is -5.68. The van der Waals surface area contributed by atoms with E-state index in [4.69, 9.17) is 9.47 Å². The Morgan fingerprint density at radius 3 is 2.16 bits per heavy atom. The van der Waals surface area contributed by atoms with Crippen LogP contribution in [-0.4, -0.2) is 105 Å². The van der Waals surface area contributed by atoms with E-state index in [1.54, 1.807) is 30.5 Å². The van der Waals surface area contributed by atoms with Crippen molar-refractivity contribution in [1.82, 2.24) is 25.8 Å². The van der Waals surface area contributed by atoms with Gasteiger partial charge in [-0.05, 0) is 73.7 Å². The normalized spacial score (nSPS) is 23.2. The molecule has 3 N–H and O–H groups in total. The molecule has 0 unspecified atom stereocenters. The van der Waals surface area contributed by atoms with Crippen molar-refractivity contribution in [2.24, 2.45) is 16.7 Å². The highest BCUT2D eigenvalue weighted by Crippen LogP contribution is 2.55. The van der Waals surface area contributed by atoms with Gasteiger partial charge in [0, 0.05) is 86.4 Å². The first kappa shape index (κ1) is 40.5. The number of pyridine rings is 1. The lowest BCUT2D eigenvalue weighted by Crippen LogP contribution is -2.74. The molecule has 4 amide bonds. The molecular formula is C44H54N8O6. The maximum absolute atomic E-state index is 13.5. The van der Waals surface area contributed by atoms with E-state index in [1.807, 2.05) is 18.2 Å². The number of benzene rings is 2. The first-order chi connectivity index (χ1) is 27.8. The predicted octanol–water partition coefficient (Wildman–Crippen LogP) is 4.15. The number of carbonyl (C=O) groups is 4. The second-order valence-corrected chi connectivity index (χ2v) is 17.2. The van der Waals surface area contributed by atoms with Gasteiger partial charge in [-0.3, -0.25) is 29.4 Å². The quantitative estimate of drug-likeness (QED) is 0.239. The zero-order chi connectivity index (χ0) is 41.2. The smallest absolute Gasteiger partial charge is 0.270 e. The Morgan fingerprint density at radius 1 is 0.862 bits per heavy atom. The number of ether oxygens (including phenoxy) is 2. The van der Waals surface area contributed by atoms with E-state index in [9.17, 15) is 24.4 Å². The molecule has 306 valence electrons. The van der Waals surface area contributed by atoms with E-state index in [0.717, 1.165) is 70.0 Å². The Kier molecular flexibility index (Phi) is 11.6. The minimum Gasteiger partial charge on any atom is -0.495 e. The summed E-state index contributed by atoms with van der Waals surface area (Å²) in [6.45, 7) is 15.1. The van der Waals surface area contributed by atoms with Gasteiger partial charge < -0.3 is 29.9 Å². The van der Waals surface area contributed by atoms with Gasteiger partial charge in [0.1, 0.15) is 35.4 Å². The van der Waals surface area contributed by atoms with E-state index in [0.29, 0.717) is 28.5 Å². The Bertz CT molecular complexity index is 2030. The fraction of sp³-hybridized carbons (Fsp3) is 0.500. The molecule has 7 rings (SSSR count). The molecule has 14 heteroatoms. The zero-order valence-corrected chi connectivity index (χ0v) is 34.0. The number of rotatable bonds is 11. The van der Waals surface area contributed by atoms with Crippen LogP contribution in [0.2, 0.25) is 0 Å². The molecule has 4 fully saturated rings. The van der Waals surface area contributed by atoms with Crippen molar-refractivity contribution in [1.29, 1.82) is 5.26 Å². The van der Waals surface area contributed by atoms with Gasteiger partial charge in [-0.1, -0.05) is 27.7 Å². The van der Waals surface area contributed by atoms with Gasteiger partial charge in [0.2, 0.25) is 11.8 Å². The van der Waals surface area contributed by atoms with Gasteiger partial charge in [-0.15, -0.1) is 0 Å². The number of nitrogens with one attached hydrogen (secondary N) is 3. The van der Waals surface area contributed by atoms with E-state index < -0.39 is 17.9 Å². The van der Waals surface area contributed by atoms with Crippen LogP contribution in [0.4, 0.5) is 11.4 Å². The van der Waals surface area contributed by atoms with Crippen molar-refractivity contribution in [3.8, 4) is 17.6 Å². The summed E-state index contributed by atoms with van der Waals surface area (Å²) < 4.78 is 11.8. The molecule has 1 aromatic heterocycles. The molecule has 3 aromatic rings. The van der Waals surface area contributed by atoms with Crippen LogP contribution in [0.5, 0.6) is 11.5 Å². The summed E-state index contributed by atoms with van der Waals surface area (Å²) >= 11 is 0. The van der Waals surface area contributed by atoms with Crippen LogP contribution >= 0.6 is 0 Å². The largest absolute Gasteiger partial charge is 0.495 e. The highest BCUT2D eigenvalue weighted by atomic mass is 16.5. The molecule has 4 heterocycles. The number of nitriles is 1. The minimum absolute atomic E-state index is 0.0993. The van der Waals surface area contributed by atoms with Crippen LogP contribution in [0.25, 0.3) is 0 Å². The molecule has 0 spiro atoms. The zero-order valence-electron chi connectivity index (χ0n) is 34.0. The second-order valence-electron chi connectivity index (χ2n) is 17.2. The maximum atomic E-state index is 13.5. The summed E-state index contributed by atoms with van der Waals surface area (Å²) in [5, 5.41) is 17.6. The van der Waals surface area contributed by atoms with Gasteiger partial charge in [-0.2, -0.15) is 5.26 Å². The standard InChI is InChI=1S/C44H54N8O6/c1-43(2)41(44(3,4)42(43)58-33-12-8-30(25-45)36(24-33)57-5)49-38(54)29-6-9-31(10-7-29)51-18-16-28(17-19-51)27-50-20-22-52(23-21-50)32-11-13-34(46-26-32)39(55)47-35-14-15-37(53)48-40(35)56/h6-13,24,26,28,35,41-42H,14-23,27H2,1-5H3,(H,47,55)(H,49,54)(H,48,53,56)/t35-,41-,42-/m0/s1. The van der Waals surface area contributed by atoms with Gasteiger partial charge >= 0.3 is 0 Å². The van der Waals surface area contributed by atoms with Gasteiger partial charge in [0.25, 0.3) is 11.8 Å². The minimum atomic E-state index is -0.733. The lowest BCUT2D eigenvalue weighted by Gasteiger charge is -2.63. The second kappa shape index (κ2) is 16.7. The summed E-state index contributed by atoms with van der Waals surface area (Å²) in [4.78, 5) is 61.2. The Balaban J connectivity index is 0.835. The summed E-state index contributed by atoms with van der Waals surface area (Å²) in [5.41, 5.74) is 2.73. The Morgan fingerprint density at radius 2 is 1.53 bits per heavy atom. The number of nitrogens with zero attached hydrogens (tertiary/aromatic N) is 5. The number of aromatic nitrogens is 1. The third kappa shape index (κ3) is 8.45. The highest BCUT2D eigenvalue weighted by Gasteiger charge is 2.64. The number of hydrogen-bond donors (Lipinski definition) is 3. The number of piperidine rings is 2. The van der Waals surface area contributed by atoms with E-state index >= 15 is 0 Å². The van der Waals surface area contributed by atoms with E-state index in [-0.39, 0.29) is 53.3 Å². The molecule has 0 radical (unpaired) electrons. The number of piperazine rings is 1. The maximum Gasteiger partial charge on any atom is 0.270 e. The number of imide groups is 1. The molecule has 3 saturated heterocycles. The summed E-state index contributed by atoms with van der Waals surface area (Å²) in [6, 6.07) is 18.1. The van der Waals surface area contributed by atoms with Crippen molar-refractivity contribution in [2.75, 3.05) is 62.7 Å². The molecule has 4 aliphatic rings. The SMILES string of the molecule is COc1cc(O[C@H]2C(C)(C)[C@H](NC(=O)c3ccc(N4CCC(CN5CCN(c6ccc(C(=O)N[C@H]7CCC(=O)NC7=O)nc6)CC5)CC4)cc3)C2(C)C)ccc1C#N. The number of methoxy groups -OCH3 is 1. The molecule has 14 nitrogen and oxygen atoms in total. The number of amides is 4. The summed E-state index contributed by atoms with van der Waals surface area (Å²) in [5.74, 6) is 0.388. The van der Waals surface area contributed by atoms with Crippen LogP contribution in [-0.2, 0) is 9.59 Å². The first-order valence-electron chi connectivity index (χ1n) is 20.3. The Labute approximate surface area is 340 Å². The lowest BCUT2D eigenvalue weighted by molar-refractivity contribution is -0.164. The van der Waals surface area contributed by atoms with Crippen molar-refractivity contribution >= 4 is 35.0 Å². The predicted molar refractivity (Wildman–Crippen MR) is 219 cm³/mol. The topological polar surface area (TPSA) is 169 Å². The van der Waals surface area contributed by atoms with Crippen LogP contribution in [0, 0.1) is 28.1 Å². The van der Waals surface area contributed by atoms with Gasteiger partial charge in [0.05, 0.1) is 24.6 Å².